The molecule has 0 heterocycles. The quantitative estimate of drug-likeness (QED) is 0.814. The molecule has 1 aromatic carbocycles. The summed E-state index contributed by atoms with van der Waals surface area (Å²) in [5, 5.41) is 6.60. The predicted octanol–water partition coefficient (Wildman–Crippen LogP) is 3.90. The Morgan fingerprint density at radius 3 is 2.58 bits per heavy atom. The van der Waals surface area contributed by atoms with Gasteiger partial charge >= 0.3 is 0 Å². The van der Waals surface area contributed by atoms with Gasteiger partial charge in [0.05, 0.1) is 0 Å². The molecule has 0 aliphatic heterocycles. The minimum atomic E-state index is -0.0929. The minimum absolute atomic E-state index is 0.0638. The number of amides is 1. The Morgan fingerprint density at radius 1 is 1.37 bits per heavy atom. The Bertz CT molecular complexity index is 495. The number of benzene rings is 1. The van der Waals surface area contributed by atoms with Crippen LogP contribution in [0.3, 0.4) is 0 Å². The highest BCUT2D eigenvalue weighted by atomic mass is 35.5. The number of hydrogen-bond acceptors (Lipinski definition) is 2. The van der Waals surface area contributed by atoms with Gasteiger partial charge in [-0.3, -0.25) is 4.79 Å². The van der Waals surface area contributed by atoms with Crippen molar-refractivity contribution < 1.29 is 4.79 Å². The predicted molar refractivity (Wildman–Crippen MR) is 84.6 cm³/mol. The summed E-state index contributed by atoms with van der Waals surface area (Å²) in [6.07, 6.45) is 0.420. The third-order valence-electron chi connectivity index (χ3n) is 2.46. The van der Waals surface area contributed by atoms with Crippen molar-refractivity contribution in [3.8, 4) is 0 Å². The molecule has 0 radical (unpaired) electrons. The van der Waals surface area contributed by atoms with Gasteiger partial charge in [0.1, 0.15) is 0 Å². The number of hydrogen-bond donors (Lipinski definition) is 2. The maximum atomic E-state index is 11.7. The van der Waals surface area contributed by atoms with E-state index in [1.807, 2.05) is 45.9 Å². The second kappa shape index (κ2) is 6.35. The zero-order chi connectivity index (χ0) is 14.6. The van der Waals surface area contributed by atoms with Crippen molar-refractivity contribution in [3.05, 3.63) is 28.8 Å². The van der Waals surface area contributed by atoms with E-state index < -0.39 is 0 Å². The number of halogens is 1. The maximum absolute atomic E-state index is 11.7. The lowest BCUT2D eigenvalue weighted by Gasteiger charge is -2.18. The first-order valence-corrected chi connectivity index (χ1v) is 6.83. The third kappa shape index (κ3) is 5.57. The number of thiocarbonyl (C=S) groups is 1. The smallest absolute Gasteiger partial charge is 0.226 e. The largest absolute Gasteiger partial charge is 0.332 e. The van der Waals surface area contributed by atoms with Gasteiger partial charge in [-0.05, 0) is 42.3 Å². The van der Waals surface area contributed by atoms with E-state index >= 15 is 0 Å². The monoisotopic (exact) mass is 298 g/mol. The summed E-state index contributed by atoms with van der Waals surface area (Å²) >= 11 is 11.1. The van der Waals surface area contributed by atoms with Crippen molar-refractivity contribution >= 4 is 40.5 Å². The Labute approximate surface area is 124 Å². The van der Waals surface area contributed by atoms with Gasteiger partial charge in [0, 0.05) is 17.1 Å². The van der Waals surface area contributed by atoms with Crippen molar-refractivity contribution in [1.29, 1.82) is 0 Å². The lowest BCUT2D eigenvalue weighted by Crippen LogP contribution is -2.36. The molecule has 0 atom stereocenters. The second-order valence-corrected chi connectivity index (χ2v) is 6.47. The highest BCUT2D eigenvalue weighted by molar-refractivity contribution is 7.80. The standard InChI is InChI=1S/C14H19ClN2OS/c1-9-10(15)6-5-7-11(9)16-13(19)17-12(18)8-14(2,3)4/h5-7H,8H2,1-4H3,(H2,16,17,18,19). The van der Waals surface area contributed by atoms with Crippen LogP contribution >= 0.6 is 23.8 Å². The molecule has 0 bridgehead atoms. The molecule has 0 saturated carbocycles. The topological polar surface area (TPSA) is 41.1 Å². The van der Waals surface area contributed by atoms with Crippen LogP contribution in [0.1, 0.15) is 32.8 Å². The second-order valence-electron chi connectivity index (χ2n) is 5.65. The van der Waals surface area contributed by atoms with Crippen LogP contribution in [-0.4, -0.2) is 11.0 Å². The molecule has 0 aromatic heterocycles. The van der Waals surface area contributed by atoms with Crippen molar-refractivity contribution in [3.63, 3.8) is 0 Å². The molecule has 0 saturated heterocycles. The van der Waals surface area contributed by atoms with Gasteiger partial charge in [-0.2, -0.15) is 0 Å². The highest BCUT2D eigenvalue weighted by Crippen LogP contribution is 2.23. The Balaban J connectivity index is 2.61. The number of carbonyl (C=O) groups excluding carboxylic acids is 1. The summed E-state index contributed by atoms with van der Waals surface area (Å²) in [5.41, 5.74) is 1.64. The molecule has 0 unspecified atom stereocenters. The fourth-order valence-corrected chi connectivity index (χ4v) is 1.95. The van der Waals surface area contributed by atoms with E-state index in [-0.39, 0.29) is 11.3 Å². The summed E-state index contributed by atoms with van der Waals surface area (Å²) in [7, 11) is 0. The average molecular weight is 299 g/mol. The maximum Gasteiger partial charge on any atom is 0.226 e. The van der Waals surface area contributed by atoms with Gasteiger partial charge in [-0.1, -0.05) is 38.4 Å². The van der Waals surface area contributed by atoms with Crippen molar-refractivity contribution in [2.45, 2.75) is 34.1 Å². The van der Waals surface area contributed by atoms with E-state index in [9.17, 15) is 4.79 Å². The van der Waals surface area contributed by atoms with Crippen LogP contribution in [0.25, 0.3) is 0 Å². The summed E-state index contributed by atoms with van der Waals surface area (Å²) in [5.74, 6) is -0.0929. The number of nitrogens with one attached hydrogen (secondary N) is 2. The Morgan fingerprint density at radius 2 is 2.00 bits per heavy atom. The normalized spacial score (nSPS) is 11.0. The molecule has 1 aromatic rings. The van der Waals surface area contributed by atoms with E-state index in [1.165, 1.54) is 0 Å². The average Bonchev–Trinajstić information content (AvgIpc) is 2.21. The fraction of sp³-hybridized carbons (Fsp3) is 0.429. The lowest BCUT2D eigenvalue weighted by molar-refractivity contribution is -0.121. The number of anilines is 1. The van der Waals surface area contributed by atoms with Crippen LogP contribution in [0.15, 0.2) is 18.2 Å². The SMILES string of the molecule is Cc1c(Cl)cccc1NC(=S)NC(=O)CC(C)(C)C. The molecular weight excluding hydrogens is 280 g/mol. The van der Waals surface area contributed by atoms with E-state index in [1.54, 1.807) is 0 Å². The van der Waals surface area contributed by atoms with Crippen molar-refractivity contribution in [2.75, 3.05) is 5.32 Å². The van der Waals surface area contributed by atoms with E-state index in [0.29, 0.717) is 16.6 Å². The highest BCUT2D eigenvalue weighted by Gasteiger charge is 2.16. The minimum Gasteiger partial charge on any atom is -0.332 e. The van der Waals surface area contributed by atoms with Crippen LogP contribution in [0.2, 0.25) is 5.02 Å². The molecule has 0 spiro atoms. The summed E-state index contributed by atoms with van der Waals surface area (Å²) < 4.78 is 0. The van der Waals surface area contributed by atoms with E-state index in [2.05, 4.69) is 10.6 Å². The van der Waals surface area contributed by atoms with Gasteiger partial charge in [-0.15, -0.1) is 0 Å². The first kappa shape index (κ1) is 15.9. The molecule has 0 aliphatic carbocycles. The van der Waals surface area contributed by atoms with Crippen LogP contribution in [0, 0.1) is 12.3 Å². The van der Waals surface area contributed by atoms with E-state index in [0.717, 1.165) is 11.3 Å². The first-order chi connectivity index (χ1) is 8.69. The van der Waals surface area contributed by atoms with Gasteiger partial charge in [0.25, 0.3) is 0 Å². The zero-order valence-corrected chi connectivity index (χ0v) is 13.2. The van der Waals surface area contributed by atoms with Crippen LogP contribution < -0.4 is 10.6 Å². The molecular formula is C14H19ClN2OS. The number of rotatable bonds is 2. The molecule has 0 fully saturated rings. The molecule has 0 aliphatic rings. The molecule has 5 heteroatoms. The van der Waals surface area contributed by atoms with Crippen LogP contribution in [0.4, 0.5) is 5.69 Å². The molecule has 1 amide bonds. The van der Waals surface area contributed by atoms with Gasteiger partial charge in [0.2, 0.25) is 5.91 Å². The van der Waals surface area contributed by atoms with Gasteiger partial charge in [-0.25, -0.2) is 0 Å². The Kier molecular flexibility index (Phi) is 5.32. The molecule has 1 rings (SSSR count). The molecule has 2 N–H and O–H groups in total. The summed E-state index contributed by atoms with van der Waals surface area (Å²) in [4.78, 5) is 11.7. The fourth-order valence-electron chi connectivity index (χ4n) is 1.55. The molecule has 3 nitrogen and oxygen atoms in total. The van der Waals surface area contributed by atoms with Crippen LogP contribution in [-0.2, 0) is 4.79 Å². The van der Waals surface area contributed by atoms with Gasteiger partial charge in [0.15, 0.2) is 5.11 Å². The van der Waals surface area contributed by atoms with E-state index in [4.69, 9.17) is 23.8 Å². The molecule has 104 valence electrons. The summed E-state index contributed by atoms with van der Waals surface area (Å²) in [6.45, 7) is 7.91. The van der Waals surface area contributed by atoms with Crippen molar-refractivity contribution in [2.24, 2.45) is 5.41 Å². The molecule has 19 heavy (non-hydrogen) atoms. The van der Waals surface area contributed by atoms with Crippen LogP contribution in [0.5, 0.6) is 0 Å². The third-order valence-corrected chi connectivity index (χ3v) is 3.07. The number of carbonyl (C=O) groups is 1. The first-order valence-electron chi connectivity index (χ1n) is 6.05. The van der Waals surface area contributed by atoms with Crippen molar-refractivity contribution in [1.82, 2.24) is 5.32 Å². The van der Waals surface area contributed by atoms with Gasteiger partial charge < -0.3 is 10.6 Å². The zero-order valence-electron chi connectivity index (χ0n) is 11.6. The Hall–Kier alpha value is -1.13. The lowest BCUT2D eigenvalue weighted by atomic mass is 9.92. The summed E-state index contributed by atoms with van der Waals surface area (Å²) in [6, 6.07) is 5.50.